The number of benzene rings is 2. The summed E-state index contributed by atoms with van der Waals surface area (Å²) in [6, 6.07) is 16.2. The zero-order chi connectivity index (χ0) is 23.1. The molecular formula is C25H37N3O3S. The molecule has 1 fully saturated rings. The lowest BCUT2D eigenvalue weighted by molar-refractivity contribution is 0.237. The Morgan fingerprint density at radius 2 is 1.84 bits per heavy atom. The molecule has 0 radical (unpaired) electrons. The van der Waals surface area contributed by atoms with Gasteiger partial charge in [0.25, 0.3) is 0 Å². The maximum Gasteiger partial charge on any atom is 0.243 e. The molecule has 2 atom stereocenters. The Labute approximate surface area is 193 Å². The molecule has 0 bridgehead atoms. The van der Waals surface area contributed by atoms with Crippen molar-refractivity contribution in [1.29, 1.82) is 0 Å². The number of hydrogen-bond acceptors (Lipinski definition) is 5. The number of hydrogen-bond donors (Lipinski definition) is 2. The Kier molecular flexibility index (Phi) is 8.71. The molecule has 0 spiro atoms. The minimum atomic E-state index is -3.53. The van der Waals surface area contributed by atoms with E-state index in [1.807, 2.05) is 33.8 Å². The molecule has 2 N–H and O–H groups in total. The first-order chi connectivity index (χ1) is 15.4. The summed E-state index contributed by atoms with van der Waals surface area (Å²) in [7, 11) is -3.53. The minimum Gasteiger partial charge on any atom is -0.491 e. The molecule has 0 amide bonds. The van der Waals surface area contributed by atoms with Gasteiger partial charge >= 0.3 is 0 Å². The molecule has 1 heterocycles. The molecule has 2 aromatic rings. The highest BCUT2D eigenvalue weighted by Gasteiger charge is 2.27. The zero-order valence-corrected chi connectivity index (χ0v) is 20.5. The van der Waals surface area contributed by atoms with Crippen molar-refractivity contribution in [2.24, 2.45) is 0 Å². The minimum absolute atomic E-state index is 0.00686. The van der Waals surface area contributed by atoms with E-state index in [1.54, 1.807) is 18.2 Å². The van der Waals surface area contributed by atoms with Gasteiger partial charge < -0.3 is 15.4 Å². The second-order valence-corrected chi connectivity index (χ2v) is 10.4. The van der Waals surface area contributed by atoms with Crippen molar-refractivity contribution in [3.05, 3.63) is 59.7 Å². The molecule has 176 valence electrons. The van der Waals surface area contributed by atoms with Crippen LogP contribution in [0.5, 0.6) is 5.75 Å². The summed E-state index contributed by atoms with van der Waals surface area (Å²) in [5, 5.41) is 7.32. The second kappa shape index (κ2) is 11.3. The van der Waals surface area contributed by atoms with E-state index in [2.05, 4.69) is 34.9 Å². The van der Waals surface area contributed by atoms with Crippen molar-refractivity contribution >= 4 is 10.0 Å². The molecule has 2 unspecified atom stereocenters. The monoisotopic (exact) mass is 459 g/mol. The predicted molar refractivity (Wildman–Crippen MR) is 129 cm³/mol. The number of nitrogens with zero attached hydrogens (tertiary/aromatic N) is 1. The summed E-state index contributed by atoms with van der Waals surface area (Å²) in [4.78, 5) is 0.315. The van der Waals surface area contributed by atoms with Gasteiger partial charge in [0.05, 0.1) is 11.0 Å². The number of ether oxygens (including phenoxy) is 1. The van der Waals surface area contributed by atoms with Gasteiger partial charge in [0, 0.05) is 37.3 Å². The van der Waals surface area contributed by atoms with Crippen LogP contribution in [0.2, 0.25) is 0 Å². The van der Waals surface area contributed by atoms with Crippen molar-refractivity contribution in [3.8, 4) is 5.75 Å². The van der Waals surface area contributed by atoms with Crippen LogP contribution in [0.25, 0.3) is 0 Å². The normalized spacial score (nSPS) is 19.4. The van der Waals surface area contributed by atoms with Crippen molar-refractivity contribution in [3.63, 3.8) is 0 Å². The molecule has 3 rings (SSSR count). The van der Waals surface area contributed by atoms with Gasteiger partial charge in [-0.25, -0.2) is 8.42 Å². The maximum absolute atomic E-state index is 13.1. The summed E-state index contributed by atoms with van der Waals surface area (Å²) in [5.41, 5.74) is 2.13. The van der Waals surface area contributed by atoms with Crippen LogP contribution < -0.4 is 15.4 Å². The summed E-state index contributed by atoms with van der Waals surface area (Å²) in [5.74, 6) is 0.728. The van der Waals surface area contributed by atoms with Gasteiger partial charge in [-0.1, -0.05) is 44.2 Å². The maximum atomic E-state index is 13.1. The Bertz CT molecular complexity index is 960. The van der Waals surface area contributed by atoms with Crippen molar-refractivity contribution in [1.82, 2.24) is 14.9 Å². The van der Waals surface area contributed by atoms with Crippen LogP contribution >= 0.6 is 0 Å². The first kappa shape index (κ1) is 24.7. The molecular weight excluding hydrogens is 422 g/mol. The van der Waals surface area contributed by atoms with Gasteiger partial charge in [-0.05, 0) is 57.0 Å². The van der Waals surface area contributed by atoms with E-state index in [-0.39, 0.29) is 18.2 Å². The van der Waals surface area contributed by atoms with Crippen LogP contribution in [-0.4, -0.2) is 44.5 Å². The summed E-state index contributed by atoms with van der Waals surface area (Å²) < 4.78 is 33.7. The van der Waals surface area contributed by atoms with Crippen LogP contribution in [0.1, 0.15) is 57.7 Å². The molecule has 0 aromatic heterocycles. The Morgan fingerprint density at radius 3 is 2.50 bits per heavy atom. The van der Waals surface area contributed by atoms with Crippen LogP contribution in [0, 0.1) is 0 Å². The van der Waals surface area contributed by atoms with Gasteiger partial charge in [-0.15, -0.1) is 0 Å². The van der Waals surface area contributed by atoms with Crippen molar-refractivity contribution < 1.29 is 13.2 Å². The van der Waals surface area contributed by atoms with E-state index in [4.69, 9.17) is 4.74 Å². The highest BCUT2D eigenvalue weighted by atomic mass is 32.2. The van der Waals surface area contributed by atoms with E-state index in [0.717, 1.165) is 30.7 Å². The fraction of sp³-hybridized carbons (Fsp3) is 0.520. The first-order valence-corrected chi connectivity index (χ1v) is 13.1. The lowest BCUT2D eigenvalue weighted by Crippen LogP contribution is -2.45. The van der Waals surface area contributed by atoms with E-state index in [0.29, 0.717) is 24.5 Å². The molecule has 0 aliphatic carbocycles. The highest BCUT2D eigenvalue weighted by molar-refractivity contribution is 7.89. The topological polar surface area (TPSA) is 70.7 Å². The summed E-state index contributed by atoms with van der Waals surface area (Å²) >= 11 is 0. The molecule has 1 saturated heterocycles. The Hall–Kier alpha value is -1.93. The summed E-state index contributed by atoms with van der Waals surface area (Å²) in [6.45, 7) is 10.1. The standard InChI is InChI=1S/C25H37N3O3S/c1-5-28(6-2)32(29,30)22-14-15-24(31-19(3)4)21(17-22)18-27-23-13-10-16-26-25(23)20-11-8-7-9-12-20/h7-9,11-12,14-15,17,19,23,25-27H,5-6,10,13,16,18H2,1-4H3. The summed E-state index contributed by atoms with van der Waals surface area (Å²) in [6.07, 6.45) is 2.17. The third kappa shape index (κ3) is 5.90. The SMILES string of the molecule is CCN(CC)S(=O)(=O)c1ccc(OC(C)C)c(CNC2CCCNC2c2ccccc2)c1. The average molecular weight is 460 g/mol. The number of rotatable bonds is 10. The van der Waals surface area contributed by atoms with Gasteiger partial charge in [-0.3, -0.25) is 0 Å². The lowest BCUT2D eigenvalue weighted by Gasteiger charge is -2.34. The molecule has 2 aromatic carbocycles. The van der Waals surface area contributed by atoms with Gasteiger partial charge in [-0.2, -0.15) is 4.31 Å². The highest BCUT2D eigenvalue weighted by Crippen LogP contribution is 2.28. The second-order valence-electron chi connectivity index (χ2n) is 8.50. The Balaban J connectivity index is 1.86. The molecule has 7 heteroatoms. The quantitative estimate of drug-likeness (QED) is 0.560. The van der Waals surface area contributed by atoms with Gasteiger partial charge in [0.1, 0.15) is 5.75 Å². The fourth-order valence-corrected chi connectivity index (χ4v) is 5.81. The van der Waals surface area contributed by atoms with Gasteiger partial charge in [0.15, 0.2) is 0 Å². The van der Waals surface area contributed by atoms with Crippen LogP contribution in [0.15, 0.2) is 53.4 Å². The average Bonchev–Trinajstić information content (AvgIpc) is 2.79. The van der Waals surface area contributed by atoms with Crippen molar-refractivity contribution in [2.45, 2.75) is 70.2 Å². The molecule has 1 aliphatic rings. The number of sulfonamides is 1. The molecule has 1 aliphatic heterocycles. The van der Waals surface area contributed by atoms with E-state index < -0.39 is 10.0 Å². The third-order valence-electron chi connectivity index (χ3n) is 5.91. The predicted octanol–water partition coefficient (Wildman–Crippen LogP) is 4.09. The van der Waals surface area contributed by atoms with Crippen LogP contribution in [-0.2, 0) is 16.6 Å². The zero-order valence-electron chi connectivity index (χ0n) is 19.7. The number of nitrogens with one attached hydrogen (secondary N) is 2. The molecule has 6 nitrogen and oxygen atoms in total. The van der Waals surface area contributed by atoms with E-state index >= 15 is 0 Å². The Morgan fingerprint density at radius 1 is 1.12 bits per heavy atom. The van der Waals surface area contributed by atoms with Crippen molar-refractivity contribution in [2.75, 3.05) is 19.6 Å². The van der Waals surface area contributed by atoms with E-state index in [9.17, 15) is 8.42 Å². The van der Waals surface area contributed by atoms with Crippen LogP contribution in [0.3, 0.4) is 0 Å². The largest absolute Gasteiger partial charge is 0.491 e. The fourth-order valence-electron chi connectivity index (χ4n) is 4.30. The van der Waals surface area contributed by atoms with E-state index in [1.165, 1.54) is 9.87 Å². The molecule has 0 saturated carbocycles. The lowest BCUT2D eigenvalue weighted by atomic mass is 9.92. The number of piperidine rings is 1. The molecule has 32 heavy (non-hydrogen) atoms. The smallest absolute Gasteiger partial charge is 0.243 e. The van der Waals surface area contributed by atoms with Crippen LogP contribution in [0.4, 0.5) is 0 Å². The third-order valence-corrected chi connectivity index (χ3v) is 7.96. The first-order valence-electron chi connectivity index (χ1n) is 11.7. The van der Waals surface area contributed by atoms with Gasteiger partial charge in [0.2, 0.25) is 10.0 Å².